The van der Waals surface area contributed by atoms with E-state index in [1.807, 2.05) is 78.6 Å². The van der Waals surface area contributed by atoms with E-state index in [4.69, 9.17) is 9.47 Å². The normalized spacial score (nSPS) is 10.6. The minimum atomic E-state index is -0.450. The minimum Gasteiger partial charge on any atom is -0.465 e. The molecular formula is C34H36N2O4. The molecule has 0 aliphatic heterocycles. The largest absolute Gasteiger partial charge is 0.465 e. The summed E-state index contributed by atoms with van der Waals surface area (Å²) in [5.41, 5.74) is 5.89. The Morgan fingerprint density at radius 1 is 0.775 bits per heavy atom. The molecule has 0 bridgehead atoms. The Morgan fingerprint density at radius 2 is 1.50 bits per heavy atom. The zero-order valence-electron chi connectivity index (χ0n) is 23.4. The lowest BCUT2D eigenvalue weighted by atomic mass is 10.1. The van der Waals surface area contributed by atoms with Gasteiger partial charge in [-0.1, -0.05) is 78.4 Å². The van der Waals surface area contributed by atoms with Crippen molar-refractivity contribution >= 4 is 12.0 Å². The number of aryl methyl sites for hydroxylation is 3. The molecule has 0 fully saturated rings. The number of urea groups is 1. The maximum atomic E-state index is 13.2. The summed E-state index contributed by atoms with van der Waals surface area (Å²) in [4.78, 5) is 27.3. The highest BCUT2D eigenvalue weighted by Gasteiger charge is 2.16. The number of benzene rings is 4. The SMILES string of the molecule is COC(=O)c1ccc(C)cc1Oc1ccc(CN(CCCc2cccc(C)c2)C(=O)NCc2ccccc2)cc1. The van der Waals surface area contributed by atoms with Crippen LogP contribution in [0.25, 0.3) is 0 Å². The number of nitrogens with one attached hydrogen (secondary N) is 1. The topological polar surface area (TPSA) is 67.9 Å². The third-order valence-corrected chi connectivity index (χ3v) is 6.62. The van der Waals surface area contributed by atoms with E-state index in [0.29, 0.717) is 36.7 Å². The van der Waals surface area contributed by atoms with E-state index in [1.54, 1.807) is 6.07 Å². The predicted octanol–water partition coefficient (Wildman–Crippen LogP) is 7.23. The molecule has 0 radical (unpaired) electrons. The van der Waals surface area contributed by atoms with Gasteiger partial charge in [-0.3, -0.25) is 0 Å². The maximum Gasteiger partial charge on any atom is 0.341 e. The summed E-state index contributed by atoms with van der Waals surface area (Å²) >= 11 is 0. The zero-order chi connectivity index (χ0) is 28.3. The van der Waals surface area contributed by atoms with Gasteiger partial charge in [0.1, 0.15) is 17.1 Å². The molecule has 4 rings (SSSR count). The van der Waals surface area contributed by atoms with Crippen molar-refractivity contribution in [3.8, 4) is 11.5 Å². The second-order valence-corrected chi connectivity index (χ2v) is 9.90. The van der Waals surface area contributed by atoms with Crippen LogP contribution in [0.1, 0.15) is 44.6 Å². The molecule has 0 spiro atoms. The molecule has 0 unspecified atom stereocenters. The highest BCUT2D eigenvalue weighted by molar-refractivity contribution is 5.92. The Bertz CT molecular complexity index is 1420. The smallest absolute Gasteiger partial charge is 0.341 e. The van der Waals surface area contributed by atoms with Crippen LogP contribution >= 0.6 is 0 Å². The van der Waals surface area contributed by atoms with Gasteiger partial charge >= 0.3 is 12.0 Å². The molecule has 4 aromatic carbocycles. The van der Waals surface area contributed by atoms with Crippen molar-refractivity contribution in [2.75, 3.05) is 13.7 Å². The van der Waals surface area contributed by atoms with Gasteiger partial charge < -0.3 is 19.7 Å². The van der Waals surface area contributed by atoms with Crippen molar-refractivity contribution < 1.29 is 19.1 Å². The first-order valence-corrected chi connectivity index (χ1v) is 13.5. The highest BCUT2D eigenvalue weighted by Crippen LogP contribution is 2.27. The number of carbonyl (C=O) groups excluding carboxylic acids is 2. The van der Waals surface area contributed by atoms with Crippen LogP contribution in [0.2, 0.25) is 0 Å². The Morgan fingerprint density at radius 3 is 2.23 bits per heavy atom. The second-order valence-electron chi connectivity index (χ2n) is 9.90. The van der Waals surface area contributed by atoms with Crippen molar-refractivity contribution in [1.29, 1.82) is 0 Å². The van der Waals surface area contributed by atoms with Crippen molar-refractivity contribution in [2.24, 2.45) is 0 Å². The fourth-order valence-corrected chi connectivity index (χ4v) is 4.48. The summed E-state index contributed by atoms with van der Waals surface area (Å²) in [5.74, 6) is 0.589. The molecule has 1 N–H and O–H groups in total. The zero-order valence-corrected chi connectivity index (χ0v) is 23.4. The average Bonchev–Trinajstić information content (AvgIpc) is 2.96. The molecule has 0 heterocycles. The van der Waals surface area contributed by atoms with Crippen molar-refractivity contribution in [2.45, 2.75) is 39.8 Å². The Kier molecular flexibility index (Phi) is 9.94. The van der Waals surface area contributed by atoms with Crippen molar-refractivity contribution in [1.82, 2.24) is 10.2 Å². The molecule has 2 amide bonds. The lowest BCUT2D eigenvalue weighted by molar-refractivity contribution is 0.0598. The van der Waals surface area contributed by atoms with Gasteiger partial charge in [-0.15, -0.1) is 0 Å². The second kappa shape index (κ2) is 14.0. The van der Waals surface area contributed by atoms with Gasteiger partial charge in [0.15, 0.2) is 0 Å². The summed E-state index contributed by atoms with van der Waals surface area (Å²) < 4.78 is 10.9. The molecule has 40 heavy (non-hydrogen) atoms. The first kappa shape index (κ1) is 28.4. The lowest BCUT2D eigenvalue weighted by Crippen LogP contribution is -2.39. The summed E-state index contributed by atoms with van der Waals surface area (Å²) in [6.45, 7) is 5.59. The molecular weight excluding hydrogens is 500 g/mol. The van der Waals surface area contributed by atoms with Crippen molar-refractivity contribution in [3.63, 3.8) is 0 Å². The van der Waals surface area contributed by atoms with Crippen LogP contribution in [0.15, 0.2) is 97.1 Å². The number of ether oxygens (including phenoxy) is 2. The number of hydrogen-bond donors (Lipinski definition) is 1. The van der Waals surface area contributed by atoms with Gasteiger partial charge in [-0.05, 0) is 73.2 Å². The van der Waals surface area contributed by atoms with Crippen LogP contribution < -0.4 is 10.1 Å². The molecule has 0 saturated heterocycles. The summed E-state index contributed by atoms with van der Waals surface area (Å²) in [7, 11) is 1.35. The summed E-state index contributed by atoms with van der Waals surface area (Å²) in [6, 6.07) is 31.2. The van der Waals surface area contributed by atoms with Gasteiger partial charge in [0.25, 0.3) is 0 Å². The van der Waals surface area contributed by atoms with E-state index >= 15 is 0 Å². The molecule has 206 valence electrons. The number of esters is 1. The minimum absolute atomic E-state index is 0.101. The molecule has 0 aliphatic rings. The third-order valence-electron chi connectivity index (χ3n) is 6.62. The van der Waals surface area contributed by atoms with Gasteiger partial charge in [-0.25, -0.2) is 9.59 Å². The third kappa shape index (κ3) is 8.21. The van der Waals surface area contributed by atoms with Gasteiger partial charge in [0.2, 0.25) is 0 Å². The number of nitrogens with zero attached hydrogens (tertiary/aromatic N) is 1. The Labute approximate surface area is 236 Å². The quantitative estimate of drug-likeness (QED) is 0.205. The van der Waals surface area contributed by atoms with Crippen LogP contribution in [0, 0.1) is 13.8 Å². The van der Waals surface area contributed by atoms with E-state index in [1.165, 1.54) is 18.2 Å². The molecule has 0 aromatic heterocycles. The average molecular weight is 537 g/mol. The predicted molar refractivity (Wildman–Crippen MR) is 158 cm³/mol. The monoisotopic (exact) mass is 536 g/mol. The van der Waals surface area contributed by atoms with Crippen LogP contribution in [0.5, 0.6) is 11.5 Å². The number of rotatable bonds is 11. The fourth-order valence-electron chi connectivity index (χ4n) is 4.48. The first-order valence-electron chi connectivity index (χ1n) is 13.5. The number of amides is 2. The van der Waals surface area contributed by atoms with Crippen molar-refractivity contribution in [3.05, 3.63) is 130 Å². The maximum absolute atomic E-state index is 13.2. The van der Waals surface area contributed by atoms with E-state index in [2.05, 4.69) is 36.5 Å². The van der Waals surface area contributed by atoms with Gasteiger partial charge in [-0.2, -0.15) is 0 Å². The van der Waals surface area contributed by atoms with Crippen LogP contribution in [0.4, 0.5) is 4.79 Å². The standard InChI is InChI=1S/C34H36N2O4/c1-25-9-7-12-27(21-25)13-8-20-36(34(38)35-23-28-10-5-4-6-11-28)24-29-15-17-30(18-16-29)40-32-22-26(2)14-19-31(32)33(37)39-3/h4-7,9-12,14-19,21-22H,8,13,20,23-24H2,1-3H3,(H,35,38). The molecule has 6 nitrogen and oxygen atoms in total. The Balaban J connectivity index is 1.43. The molecule has 4 aromatic rings. The molecule has 0 saturated carbocycles. The van der Waals surface area contributed by atoms with E-state index in [0.717, 1.165) is 29.5 Å². The van der Waals surface area contributed by atoms with E-state index < -0.39 is 5.97 Å². The molecule has 0 atom stereocenters. The fraction of sp³-hybridized carbons (Fsp3) is 0.235. The van der Waals surface area contributed by atoms with Crippen LogP contribution in [0.3, 0.4) is 0 Å². The summed E-state index contributed by atoms with van der Waals surface area (Å²) in [6.07, 6.45) is 1.75. The first-order chi connectivity index (χ1) is 19.4. The van der Waals surface area contributed by atoms with Crippen LogP contribution in [-0.4, -0.2) is 30.6 Å². The van der Waals surface area contributed by atoms with Gasteiger partial charge in [0.05, 0.1) is 7.11 Å². The van der Waals surface area contributed by atoms with E-state index in [-0.39, 0.29) is 6.03 Å². The van der Waals surface area contributed by atoms with Gasteiger partial charge in [0, 0.05) is 19.6 Å². The lowest BCUT2D eigenvalue weighted by Gasteiger charge is -2.24. The Hall–Kier alpha value is -4.58. The van der Waals surface area contributed by atoms with Crippen LogP contribution in [-0.2, 0) is 24.2 Å². The molecule has 0 aliphatic carbocycles. The highest BCUT2D eigenvalue weighted by atomic mass is 16.5. The number of hydrogen-bond acceptors (Lipinski definition) is 4. The van der Waals surface area contributed by atoms with E-state index in [9.17, 15) is 9.59 Å². The summed E-state index contributed by atoms with van der Waals surface area (Å²) in [5, 5.41) is 3.07. The molecule has 6 heteroatoms. The number of carbonyl (C=O) groups is 2. The number of methoxy groups -OCH3 is 1.